The summed E-state index contributed by atoms with van der Waals surface area (Å²) in [6, 6.07) is 14.0. The molecule has 116 valence electrons. The molecule has 3 aromatic heterocycles. The van der Waals surface area contributed by atoms with Gasteiger partial charge in [0.1, 0.15) is 23.7 Å². The van der Waals surface area contributed by atoms with Gasteiger partial charge < -0.3 is 9.73 Å². The zero-order valence-electron chi connectivity index (χ0n) is 12.5. The fourth-order valence-electron chi connectivity index (χ4n) is 2.41. The molecular formula is C17H12N6O. The van der Waals surface area contributed by atoms with E-state index < -0.39 is 0 Å². The molecule has 0 bridgehead atoms. The minimum Gasteiger partial charge on any atom is -0.443 e. The smallest absolute Gasteiger partial charge is 0.248 e. The standard InChI is InChI=1S/C17H12N6O/c18-10-13-15(17-19-7-9-24-17)22-23-8-6-14(21-16(13)23)20-11-12-4-2-1-3-5-12/h1-9H,11H2,(H,20,21). The Morgan fingerprint density at radius 1 is 1.21 bits per heavy atom. The average Bonchev–Trinajstić information content (AvgIpc) is 3.27. The molecule has 0 unspecified atom stereocenters. The first-order chi connectivity index (χ1) is 11.8. The van der Waals surface area contributed by atoms with E-state index in [1.165, 1.54) is 12.5 Å². The summed E-state index contributed by atoms with van der Waals surface area (Å²) in [5.41, 5.74) is 2.33. The maximum atomic E-state index is 9.47. The molecule has 0 atom stereocenters. The predicted octanol–water partition coefficient (Wildman–Crippen LogP) is 2.87. The lowest BCUT2D eigenvalue weighted by Gasteiger charge is -2.05. The molecule has 0 amide bonds. The Hall–Kier alpha value is -3.66. The molecule has 24 heavy (non-hydrogen) atoms. The number of anilines is 1. The van der Waals surface area contributed by atoms with Crippen molar-refractivity contribution in [2.75, 3.05) is 5.32 Å². The van der Waals surface area contributed by atoms with Crippen LogP contribution in [0.15, 0.2) is 59.5 Å². The Labute approximate surface area is 137 Å². The summed E-state index contributed by atoms with van der Waals surface area (Å²) in [5, 5.41) is 17.1. The summed E-state index contributed by atoms with van der Waals surface area (Å²) in [4.78, 5) is 8.54. The van der Waals surface area contributed by atoms with Gasteiger partial charge in [-0.3, -0.25) is 0 Å². The van der Waals surface area contributed by atoms with Crippen molar-refractivity contribution in [3.63, 3.8) is 0 Å². The van der Waals surface area contributed by atoms with Gasteiger partial charge in [-0.25, -0.2) is 14.5 Å². The Bertz CT molecular complexity index is 1010. The molecule has 3 heterocycles. The quantitative estimate of drug-likeness (QED) is 0.622. The highest BCUT2D eigenvalue weighted by Crippen LogP contribution is 2.24. The molecule has 1 aromatic carbocycles. The number of hydrogen-bond donors (Lipinski definition) is 1. The summed E-state index contributed by atoms with van der Waals surface area (Å²) < 4.78 is 6.79. The van der Waals surface area contributed by atoms with E-state index in [9.17, 15) is 5.26 Å². The van der Waals surface area contributed by atoms with Crippen molar-refractivity contribution >= 4 is 11.5 Å². The lowest BCUT2D eigenvalue weighted by Crippen LogP contribution is -2.02. The molecule has 7 heteroatoms. The second kappa shape index (κ2) is 5.85. The van der Waals surface area contributed by atoms with Crippen LogP contribution in [-0.2, 0) is 6.54 Å². The fraction of sp³-hybridized carbons (Fsp3) is 0.0588. The first kappa shape index (κ1) is 14.0. The Kier molecular flexibility index (Phi) is 3.41. The van der Waals surface area contributed by atoms with E-state index in [1.54, 1.807) is 10.7 Å². The molecule has 0 aliphatic rings. The van der Waals surface area contributed by atoms with Gasteiger partial charge in [0.15, 0.2) is 11.3 Å². The normalized spacial score (nSPS) is 10.6. The van der Waals surface area contributed by atoms with E-state index in [-0.39, 0.29) is 0 Å². The monoisotopic (exact) mass is 316 g/mol. The van der Waals surface area contributed by atoms with Crippen molar-refractivity contribution in [1.82, 2.24) is 19.6 Å². The van der Waals surface area contributed by atoms with Crippen molar-refractivity contribution in [3.05, 3.63) is 66.2 Å². The number of nitriles is 1. The number of benzene rings is 1. The van der Waals surface area contributed by atoms with E-state index in [2.05, 4.69) is 26.5 Å². The van der Waals surface area contributed by atoms with Crippen LogP contribution >= 0.6 is 0 Å². The van der Waals surface area contributed by atoms with E-state index in [0.717, 1.165) is 5.56 Å². The van der Waals surface area contributed by atoms with E-state index in [4.69, 9.17) is 4.42 Å². The number of fused-ring (bicyclic) bond motifs is 1. The topological polar surface area (TPSA) is 92.0 Å². The van der Waals surface area contributed by atoms with Gasteiger partial charge in [0.25, 0.3) is 0 Å². The number of nitrogens with zero attached hydrogens (tertiary/aromatic N) is 5. The summed E-state index contributed by atoms with van der Waals surface area (Å²) in [5.74, 6) is 0.970. The van der Waals surface area contributed by atoms with E-state index in [1.807, 2.05) is 36.4 Å². The number of rotatable bonds is 4. The maximum absolute atomic E-state index is 9.47. The summed E-state index contributed by atoms with van der Waals surface area (Å²) in [7, 11) is 0. The third kappa shape index (κ3) is 2.46. The van der Waals surface area contributed by atoms with Crippen LogP contribution in [0, 0.1) is 11.3 Å². The van der Waals surface area contributed by atoms with Crippen molar-refractivity contribution in [1.29, 1.82) is 5.26 Å². The molecule has 0 saturated carbocycles. The molecule has 0 aliphatic heterocycles. The molecule has 4 rings (SSSR count). The highest BCUT2D eigenvalue weighted by Gasteiger charge is 2.19. The maximum Gasteiger partial charge on any atom is 0.248 e. The fourth-order valence-corrected chi connectivity index (χ4v) is 2.41. The number of hydrogen-bond acceptors (Lipinski definition) is 6. The lowest BCUT2D eigenvalue weighted by atomic mass is 10.2. The third-order valence-electron chi connectivity index (χ3n) is 3.55. The second-order valence-electron chi connectivity index (χ2n) is 5.09. The number of nitrogens with one attached hydrogen (secondary N) is 1. The van der Waals surface area contributed by atoms with Crippen molar-refractivity contribution in [3.8, 4) is 17.7 Å². The Morgan fingerprint density at radius 3 is 2.83 bits per heavy atom. The van der Waals surface area contributed by atoms with Crippen LogP contribution in [0.25, 0.3) is 17.2 Å². The van der Waals surface area contributed by atoms with E-state index >= 15 is 0 Å². The van der Waals surface area contributed by atoms with Gasteiger partial charge >= 0.3 is 0 Å². The molecule has 1 N–H and O–H groups in total. The van der Waals surface area contributed by atoms with Crippen molar-refractivity contribution < 1.29 is 4.42 Å². The van der Waals surface area contributed by atoms with Gasteiger partial charge in [0.2, 0.25) is 5.89 Å². The summed E-state index contributed by atoms with van der Waals surface area (Å²) >= 11 is 0. The van der Waals surface area contributed by atoms with Crippen molar-refractivity contribution in [2.45, 2.75) is 6.54 Å². The average molecular weight is 316 g/mol. The van der Waals surface area contributed by atoms with Gasteiger partial charge in [-0.2, -0.15) is 10.4 Å². The van der Waals surface area contributed by atoms with Crippen LogP contribution in [0.5, 0.6) is 0 Å². The van der Waals surface area contributed by atoms with Crippen molar-refractivity contribution in [2.24, 2.45) is 0 Å². The van der Waals surface area contributed by atoms with Crippen LogP contribution in [-0.4, -0.2) is 19.6 Å². The van der Waals surface area contributed by atoms with Crippen LogP contribution in [0.1, 0.15) is 11.1 Å². The summed E-state index contributed by atoms with van der Waals surface area (Å²) in [6.07, 6.45) is 4.71. The predicted molar refractivity (Wildman–Crippen MR) is 87.0 cm³/mol. The molecule has 0 aliphatic carbocycles. The van der Waals surface area contributed by atoms with Gasteiger partial charge in [0, 0.05) is 12.7 Å². The molecule has 0 radical (unpaired) electrons. The number of aromatic nitrogens is 4. The van der Waals surface area contributed by atoms with Gasteiger partial charge in [-0.05, 0) is 11.6 Å². The van der Waals surface area contributed by atoms with Crippen LogP contribution in [0.4, 0.5) is 5.82 Å². The van der Waals surface area contributed by atoms with Crippen LogP contribution in [0.3, 0.4) is 0 Å². The number of oxazole rings is 1. The largest absolute Gasteiger partial charge is 0.443 e. The Morgan fingerprint density at radius 2 is 2.08 bits per heavy atom. The molecule has 4 aromatic rings. The SMILES string of the molecule is N#Cc1c(-c2ncco2)nn2ccc(NCc3ccccc3)nc12. The third-order valence-corrected chi connectivity index (χ3v) is 3.55. The zero-order chi connectivity index (χ0) is 16.4. The van der Waals surface area contributed by atoms with Crippen LogP contribution in [0.2, 0.25) is 0 Å². The molecule has 7 nitrogen and oxygen atoms in total. The molecule has 0 saturated heterocycles. The molecular weight excluding hydrogens is 304 g/mol. The second-order valence-corrected chi connectivity index (χ2v) is 5.09. The van der Waals surface area contributed by atoms with Gasteiger partial charge in [-0.15, -0.1) is 0 Å². The first-order valence-corrected chi connectivity index (χ1v) is 7.32. The summed E-state index contributed by atoms with van der Waals surface area (Å²) in [6.45, 7) is 0.645. The minimum absolute atomic E-state index is 0.302. The van der Waals surface area contributed by atoms with Gasteiger partial charge in [-0.1, -0.05) is 30.3 Å². The highest BCUT2D eigenvalue weighted by atomic mass is 16.3. The van der Waals surface area contributed by atoms with Crippen LogP contribution < -0.4 is 5.32 Å². The molecule has 0 fully saturated rings. The highest BCUT2D eigenvalue weighted by molar-refractivity contribution is 5.71. The zero-order valence-corrected chi connectivity index (χ0v) is 12.5. The first-order valence-electron chi connectivity index (χ1n) is 7.32. The van der Waals surface area contributed by atoms with Gasteiger partial charge in [0.05, 0.1) is 6.20 Å². The van der Waals surface area contributed by atoms with E-state index in [0.29, 0.717) is 35.2 Å². The minimum atomic E-state index is 0.302. The Balaban J connectivity index is 1.69. The molecule has 0 spiro atoms. The lowest BCUT2D eigenvalue weighted by molar-refractivity contribution is 0.571.